The molecule has 2 nitrogen and oxygen atoms in total. The van der Waals surface area contributed by atoms with E-state index in [1.807, 2.05) is 0 Å². The normalized spacial score (nSPS) is 25.4. The molecule has 2 heteroatoms. The molecule has 2 aliphatic rings. The fourth-order valence-electron chi connectivity index (χ4n) is 3.66. The van der Waals surface area contributed by atoms with Gasteiger partial charge in [0, 0.05) is 24.7 Å². The van der Waals surface area contributed by atoms with E-state index in [9.17, 15) is 0 Å². The molecule has 112 valence electrons. The number of piperidine rings is 1. The molecule has 1 saturated carbocycles. The minimum absolute atomic E-state index is 0.353. The molecule has 1 heterocycles. The van der Waals surface area contributed by atoms with Crippen molar-refractivity contribution in [3.63, 3.8) is 0 Å². The van der Waals surface area contributed by atoms with E-state index in [1.165, 1.54) is 71.0 Å². The number of rotatable bonds is 3. The van der Waals surface area contributed by atoms with Crippen LogP contribution in [0.1, 0.15) is 72.1 Å². The minimum atomic E-state index is 0.353. The molecule has 0 aromatic heterocycles. The average molecular weight is 266 g/mol. The Bertz CT molecular complexity index is 240. The highest BCUT2D eigenvalue weighted by molar-refractivity contribution is 4.84. The van der Waals surface area contributed by atoms with Gasteiger partial charge in [-0.15, -0.1) is 0 Å². The second-order valence-corrected chi connectivity index (χ2v) is 7.70. The van der Waals surface area contributed by atoms with Crippen LogP contribution < -0.4 is 5.32 Å². The summed E-state index contributed by atoms with van der Waals surface area (Å²) in [5.41, 5.74) is 0.353. The van der Waals surface area contributed by atoms with Gasteiger partial charge in [0.2, 0.25) is 0 Å². The second-order valence-electron chi connectivity index (χ2n) is 7.70. The van der Waals surface area contributed by atoms with Gasteiger partial charge >= 0.3 is 0 Å². The lowest BCUT2D eigenvalue weighted by atomic mass is 9.96. The lowest BCUT2D eigenvalue weighted by Gasteiger charge is -2.41. The van der Waals surface area contributed by atoms with Gasteiger partial charge < -0.3 is 5.32 Å². The van der Waals surface area contributed by atoms with Crippen LogP contribution in [-0.2, 0) is 0 Å². The number of nitrogens with one attached hydrogen (secondary N) is 1. The summed E-state index contributed by atoms with van der Waals surface area (Å²) in [6.45, 7) is 10.8. The summed E-state index contributed by atoms with van der Waals surface area (Å²) in [6, 6.07) is 0.779. The van der Waals surface area contributed by atoms with Crippen LogP contribution >= 0.6 is 0 Å². The Balaban J connectivity index is 1.65. The molecule has 0 spiro atoms. The van der Waals surface area contributed by atoms with E-state index in [0.717, 1.165) is 12.0 Å². The molecule has 1 aliphatic carbocycles. The molecular weight excluding hydrogens is 232 g/mol. The van der Waals surface area contributed by atoms with Crippen LogP contribution in [0.2, 0.25) is 0 Å². The number of nitrogens with zero attached hydrogens (tertiary/aromatic N) is 1. The Hall–Kier alpha value is -0.0800. The van der Waals surface area contributed by atoms with Gasteiger partial charge in [0.1, 0.15) is 0 Å². The Morgan fingerprint density at radius 3 is 2.00 bits per heavy atom. The van der Waals surface area contributed by atoms with Crippen molar-refractivity contribution in [2.24, 2.45) is 5.92 Å². The molecule has 0 unspecified atom stereocenters. The quantitative estimate of drug-likeness (QED) is 0.782. The van der Waals surface area contributed by atoms with Gasteiger partial charge in [-0.25, -0.2) is 0 Å². The molecule has 1 aliphatic heterocycles. The van der Waals surface area contributed by atoms with Crippen LogP contribution in [0.5, 0.6) is 0 Å². The number of hydrogen-bond donors (Lipinski definition) is 1. The Morgan fingerprint density at radius 2 is 1.47 bits per heavy atom. The maximum absolute atomic E-state index is 3.86. The van der Waals surface area contributed by atoms with Crippen molar-refractivity contribution in [1.82, 2.24) is 10.2 Å². The van der Waals surface area contributed by atoms with E-state index in [2.05, 4.69) is 31.0 Å². The lowest BCUT2D eigenvalue weighted by molar-refractivity contribution is 0.0952. The third-order valence-corrected chi connectivity index (χ3v) is 5.11. The van der Waals surface area contributed by atoms with Crippen molar-refractivity contribution >= 4 is 0 Å². The van der Waals surface area contributed by atoms with Gasteiger partial charge in [-0.05, 0) is 58.9 Å². The molecule has 0 atom stereocenters. The SMILES string of the molecule is CC(C)(C)N1CCC(NCC2CCCCCC2)CC1. The van der Waals surface area contributed by atoms with Gasteiger partial charge in [0.05, 0.1) is 0 Å². The molecule has 0 aromatic carbocycles. The molecular formula is C17H34N2. The van der Waals surface area contributed by atoms with Crippen molar-refractivity contribution in [1.29, 1.82) is 0 Å². The van der Waals surface area contributed by atoms with Crippen LogP contribution in [0.4, 0.5) is 0 Å². The molecule has 2 rings (SSSR count). The van der Waals surface area contributed by atoms with Gasteiger partial charge in [0.15, 0.2) is 0 Å². The standard InChI is InChI=1S/C17H34N2/c1-17(2,3)19-12-10-16(11-13-19)18-14-15-8-6-4-5-7-9-15/h15-16,18H,4-14H2,1-3H3. The molecule has 1 N–H and O–H groups in total. The maximum atomic E-state index is 3.86. The smallest absolute Gasteiger partial charge is 0.0125 e. The van der Waals surface area contributed by atoms with E-state index < -0.39 is 0 Å². The van der Waals surface area contributed by atoms with E-state index in [0.29, 0.717) is 5.54 Å². The van der Waals surface area contributed by atoms with Crippen LogP contribution in [0.15, 0.2) is 0 Å². The van der Waals surface area contributed by atoms with Gasteiger partial charge in [-0.3, -0.25) is 4.90 Å². The van der Waals surface area contributed by atoms with Crippen LogP contribution in [-0.4, -0.2) is 36.1 Å². The fourth-order valence-corrected chi connectivity index (χ4v) is 3.66. The highest BCUT2D eigenvalue weighted by Gasteiger charge is 2.27. The van der Waals surface area contributed by atoms with Gasteiger partial charge in [0.25, 0.3) is 0 Å². The van der Waals surface area contributed by atoms with Gasteiger partial charge in [-0.1, -0.05) is 25.7 Å². The monoisotopic (exact) mass is 266 g/mol. The summed E-state index contributed by atoms with van der Waals surface area (Å²) in [7, 11) is 0. The van der Waals surface area contributed by atoms with Crippen molar-refractivity contribution in [3.8, 4) is 0 Å². The third kappa shape index (κ3) is 5.07. The molecule has 19 heavy (non-hydrogen) atoms. The zero-order valence-corrected chi connectivity index (χ0v) is 13.4. The first kappa shape index (κ1) is 15.3. The first-order valence-electron chi connectivity index (χ1n) is 8.54. The summed E-state index contributed by atoms with van der Waals surface area (Å²) in [4.78, 5) is 2.64. The summed E-state index contributed by atoms with van der Waals surface area (Å²) >= 11 is 0. The predicted molar refractivity (Wildman–Crippen MR) is 83.5 cm³/mol. The molecule has 2 fully saturated rings. The number of likely N-dealkylation sites (tertiary alicyclic amines) is 1. The second kappa shape index (κ2) is 7.08. The zero-order valence-electron chi connectivity index (χ0n) is 13.4. The zero-order chi connectivity index (χ0) is 13.7. The first-order chi connectivity index (χ1) is 9.05. The van der Waals surface area contributed by atoms with E-state index in [-0.39, 0.29) is 0 Å². The van der Waals surface area contributed by atoms with Crippen molar-refractivity contribution in [3.05, 3.63) is 0 Å². The third-order valence-electron chi connectivity index (χ3n) is 5.11. The average Bonchev–Trinajstić information content (AvgIpc) is 2.64. The molecule has 0 radical (unpaired) electrons. The summed E-state index contributed by atoms with van der Waals surface area (Å²) in [5.74, 6) is 0.961. The summed E-state index contributed by atoms with van der Waals surface area (Å²) < 4.78 is 0. The largest absolute Gasteiger partial charge is 0.314 e. The Morgan fingerprint density at radius 1 is 0.895 bits per heavy atom. The summed E-state index contributed by atoms with van der Waals surface area (Å²) in [5, 5.41) is 3.86. The van der Waals surface area contributed by atoms with Crippen molar-refractivity contribution in [2.75, 3.05) is 19.6 Å². The Labute approximate surface area is 120 Å². The topological polar surface area (TPSA) is 15.3 Å². The molecule has 0 amide bonds. The van der Waals surface area contributed by atoms with E-state index in [4.69, 9.17) is 0 Å². The van der Waals surface area contributed by atoms with E-state index in [1.54, 1.807) is 0 Å². The maximum Gasteiger partial charge on any atom is 0.0125 e. The minimum Gasteiger partial charge on any atom is -0.314 e. The first-order valence-corrected chi connectivity index (χ1v) is 8.54. The van der Waals surface area contributed by atoms with Crippen LogP contribution in [0.25, 0.3) is 0 Å². The van der Waals surface area contributed by atoms with E-state index >= 15 is 0 Å². The number of hydrogen-bond acceptors (Lipinski definition) is 2. The fraction of sp³-hybridized carbons (Fsp3) is 1.00. The molecule has 1 saturated heterocycles. The van der Waals surface area contributed by atoms with Crippen molar-refractivity contribution < 1.29 is 0 Å². The highest BCUT2D eigenvalue weighted by Crippen LogP contribution is 2.23. The summed E-state index contributed by atoms with van der Waals surface area (Å²) in [6.07, 6.45) is 11.5. The van der Waals surface area contributed by atoms with Gasteiger partial charge in [-0.2, -0.15) is 0 Å². The highest BCUT2D eigenvalue weighted by atomic mass is 15.2. The van der Waals surface area contributed by atoms with Crippen LogP contribution in [0, 0.1) is 5.92 Å². The van der Waals surface area contributed by atoms with Crippen molar-refractivity contribution in [2.45, 2.75) is 83.7 Å². The molecule has 0 bridgehead atoms. The Kier molecular flexibility index (Phi) is 5.70. The predicted octanol–water partition coefficient (Wildman–Crippen LogP) is 3.81. The van der Waals surface area contributed by atoms with Crippen LogP contribution in [0.3, 0.4) is 0 Å². The molecule has 0 aromatic rings. The lowest BCUT2D eigenvalue weighted by Crippen LogP contribution is -2.50.